The molecule has 1 atom stereocenters. The number of nitrogens with zero attached hydrogens (tertiary/aromatic N) is 1. The van der Waals surface area contributed by atoms with E-state index in [1.165, 1.54) is 25.7 Å². The van der Waals surface area contributed by atoms with Crippen molar-refractivity contribution >= 4 is 17.3 Å². The minimum Gasteiger partial charge on any atom is -0.396 e. The van der Waals surface area contributed by atoms with Gasteiger partial charge in [-0.3, -0.25) is 0 Å². The summed E-state index contributed by atoms with van der Waals surface area (Å²) in [6.07, 6.45) is 4.16. The molecule has 1 aliphatic rings. The topological polar surface area (TPSA) is 82.1 Å². The normalized spacial score (nSPS) is 17.3. The third-order valence-corrected chi connectivity index (χ3v) is 3.92. The Morgan fingerprint density at radius 1 is 1.47 bits per heavy atom. The van der Waals surface area contributed by atoms with Crippen LogP contribution in [0.15, 0.2) is 12.1 Å². The monoisotopic (exact) mass is 279 g/mol. The van der Waals surface area contributed by atoms with E-state index in [0.29, 0.717) is 28.7 Å². The Labute approximate surface area is 118 Å². The number of hydrogen-bond donors (Lipinski definition) is 3. The predicted molar refractivity (Wildman–Crippen MR) is 75.8 cm³/mol. The van der Waals surface area contributed by atoms with Crippen LogP contribution in [0.5, 0.6) is 0 Å². The fraction of sp³-hybridized carbons (Fsp3) is 0.500. The molecular formula is C14H18ClN3O. The van der Waals surface area contributed by atoms with Gasteiger partial charge in [-0.25, -0.2) is 0 Å². The predicted octanol–water partition coefficient (Wildman–Crippen LogP) is 2.36. The van der Waals surface area contributed by atoms with Gasteiger partial charge in [0, 0.05) is 12.6 Å². The molecule has 0 spiro atoms. The summed E-state index contributed by atoms with van der Waals surface area (Å²) in [6, 6.07) is 5.71. The van der Waals surface area contributed by atoms with Crippen LogP contribution >= 0.6 is 11.6 Å². The summed E-state index contributed by atoms with van der Waals surface area (Å²) in [6.45, 7) is 0.468. The van der Waals surface area contributed by atoms with Crippen LogP contribution in [0.25, 0.3) is 0 Å². The molecule has 1 fully saturated rings. The molecule has 0 radical (unpaired) electrons. The lowest BCUT2D eigenvalue weighted by Gasteiger charge is -2.17. The minimum absolute atomic E-state index is 0.267. The second-order valence-corrected chi connectivity index (χ2v) is 5.39. The zero-order valence-corrected chi connectivity index (χ0v) is 11.5. The van der Waals surface area contributed by atoms with E-state index in [1.54, 1.807) is 12.1 Å². The lowest BCUT2D eigenvalue weighted by molar-refractivity contribution is 0.170. The van der Waals surface area contributed by atoms with Gasteiger partial charge in [-0.1, -0.05) is 24.4 Å². The summed E-state index contributed by atoms with van der Waals surface area (Å²) in [5.41, 5.74) is 6.89. The van der Waals surface area contributed by atoms with Crippen LogP contribution in [0, 0.1) is 11.3 Å². The van der Waals surface area contributed by atoms with Crippen molar-refractivity contribution in [2.45, 2.75) is 37.8 Å². The van der Waals surface area contributed by atoms with Gasteiger partial charge in [-0.05, 0) is 30.5 Å². The van der Waals surface area contributed by atoms with E-state index in [4.69, 9.17) is 22.6 Å². The molecule has 4 nitrogen and oxygen atoms in total. The van der Waals surface area contributed by atoms with Gasteiger partial charge in [0.05, 0.1) is 22.4 Å². The van der Waals surface area contributed by atoms with Gasteiger partial charge in [-0.2, -0.15) is 5.26 Å². The molecule has 2 rings (SSSR count). The van der Waals surface area contributed by atoms with Crippen molar-refractivity contribution < 1.29 is 5.11 Å². The lowest BCUT2D eigenvalue weighted by atomic mass is 10.0. The zero-order valence-electron chi connectivity index (χ0n) is 10.7. The van der Waals surface area contributed by atoms with Gasteiger partial charge in [0.25, 0.3) is 0 Å². The van der Waals surface area contributed by atoms with Gasteiger partial charge >= 0.3 is 0 Å². The zero-order chi connectivity index (χ0) is 13.8. The van der Waals surface area contributed by atoms with Crippen LogP contribution in [0.3, 0.4) is 0 Å². The van der Waals surface area contributed by atoms with Gasteiger partial charge in [0.1, 0.15) is 6.07 Å². The highest BCUT2D eigenvalue weighted by molar-refractivity contribution is 6.33. The largest absolute Gasteiger partial charge is 0.396 e. The number of benzene rings is 1. The molecule has 102 valence electrons. The number of halogens is 1. The van der Waals surface area contributed by atoms with Gasteiger partial charge in [0.2, 0.25) is 0 Å². The Hall–Kier alpha value is -1.28. The maximum absolute atomic E-state index is 10.1. The molecular weight excluding hydrogens is 262 g/mol. The molecule has 1 saturated carbocycles. The van der Waals surface area contributed by atoms with E-state index < -0.39 is 6.10 Å². The molecule has 0 bridgehead atoms. The van der Waals surface area contributed by atoms with Crippen LogP contribution in [0.1, 0.15) is 42.9 Å². The average molecular weight is 280 g/mol. The summed E-state index contributed by atoms with van der Waals surface area (Å²) in [5, 5.41) is 22.8. The number of nitrogen functional groups attached to an aromatic ring is 1. The quantitative estimate of drug-likeness (QED) is 0.739. The summed E-state index contributed by atoms with van der Waals surface area (Å²) >= 11 is 5.96. The maximum atomic E-state index is 10.1. The first-order valence-corrected chi connectivity index (χ1v) is 6.90. The van der Waals surface area contributed by atoms with Crippen molar-refractivity contribution in [3.05, 3.63) is 28.3 Å². The standard InChI is InChI=1S/C14H18ClN3O/c15-12-6-9(5-10(7-16)14(12)17)13(19)8-18-11-3-1-2-4-11/h5-6,11,13,18-19H,1-4,8,17H2/t13-/m0/s1. The Balaban J connectivity index is 2.04. The lowest BCUT2D eigenvalue weighted by Crippen LogP contribution is -2.30. The van der Waals surface area contributed by atoms with Crippen LogP contribution in [0.2, 0.25) is 5.02 Å². The Bertz CT molecular complexity index is 492. The van der Waals surface area contributed by atoms with Crippen molar-refractivity contribution in [1.29, 1.82) is 5.26 Å². The summed E-state index contributed by atoms with van der Waals surface area (Å²) < 4.78 is 0. The Morgan fingerprint density at radius 3 is 2.79 bits per heavy atom. The van der Waals surface area contributed by atoms with Crippen molar-refractivity contribution in [2.24, 2.45) is 0 Å². The molecule has 19 heavy (non-hydrogen) atoms. The summed E-state index contributed by atoms with van der Waals surface area (Å²) in [7, 11) is 0. The minimum atomic E-state index is -0.675. The number of nitrogens with two attached hydrogens (primary N) is 1. The van der Waals surface area contributed by atoms with Crippen LogP contribution in [0.4, 0.5) is 5.69 Å². The van der Waals surface area contributed by atoms with Crippen molar-refractivity contribution in [1.82, 2.24) is 5.32 Å². The molecule has 1 aromatic carbocycles. The highest BCUT2D eigenvalue weighted by atomic mass is 35.5. The van der Waals surface area contributed by atoms with E-state index in [2.05, 4.69) is 5.32 Å². The molecule has 0 unspecified atom stereocenters. The Morgan fingerprint density at radius 2 is 2.16 bits per heavy atom. The molecule has 0 heterocycles. The van der Waals surface area contributed by atoms with Crippen molar-refractivity contribution in [3.63, 3.8) is 0 Å². The third-order valence-electron chi connectivity index (χ3n) is 3.61. The number of hydrogen-bond acceptors (Lipinski definition) is 4. The average Bonchev–Trinajstić information content (AvgIpc) is 2.92. The van der Waals surface area contributed by atoms with Gasteiger partial charge in [-0.15, -0.1) is 0 Å². The molecule has 4 N–H and O–H groups in total. The SMILES string of the molecule is N#Cc1cc([C@@H](O)CNC2CCCC2)cc(Cl)c1N. The van der Waals surface area contributed by atoms with E-state index in [9.17, 15) is 5.11 Å². The van der Waals surface area contributed by atoms with Crippen LogP contribution < -0.4 is 11.1 Å². The first-order chi connectivity index (χ1) is 9.11. The number of aliphatic hydroxyl groups excluding tert-OH is 1. The molecule has 0 saturated heterocycles. The molecule has 0 aliphatic heterocycles. The van der Waals surface area contributed by atoms with Crippen LogP contribution in [-0.4, -0.2) is 17.7 Å². The molecule has 1 aromatic rings. The molecule has 0 aromatic heterocycles. The Kier molecular flexibility index (Phi) is 4.65. The number of rotatable bonds is 4. The highest BCUT2D eigenvalue weighted by Crippen LogP contribution is 2.27. The van der Waals surface area contributed by atoms with Crippen LogP contribution in [-0.2, 0) is 0 Å². The second-order valence-electron chi connectivity index (χ2n) is 4.98. The van der Waals surface area contributed by atoms with Gasteiger partial charge < -0.3 is 16.2 Å². The van der Waals surface area contributed by atoms with E-state index >= 15 is 0 Å². The fourth-order valence-corrected chi connectivity index (χ4v) is 2.68. The van der Waals surface area contributed by atoms with Gasteiger partial charge in [0.15, 0.2) is 0 Å². The summed E-state index contributed by atoms with van der Waals surface area (Å²) in [4.78, 5) is 0. The van der Waals surface area contributed by atoms with Crippen molar-refractivity contribution in [2.75, 3.05) is 12.3 Å². The van der Waals surface area contributed by atoms with E-state index in [0.717, 1.165) is 0 Å². The molecule has 5 heteroatoms. The second kappa shape index (κ2) is 6.25. The smallest absolute Gasteiger partial charge is 0.101 e. The molecule has 0 amide bonds. The summed E-state index contributed by atoms with van der Waals surface area (Å²) in [5.74, 6) is 0. The number of nitrogens with one attached hydrogen (secondary N) is 1. The third kappa shape index (κ3) is 3.38. The first-order valence-electron chi connectivity index (χ1n) is 6.52. The van der Waals surface area contributed by atoms with E-state index in [1.807, 2.05) is 6.07 Å². The first kappa shape index (κ1) is 14.1. The fourth-order valence-electron chi connectivity index (χ4n) is 2.45. The van der Waals surface area contributed by atoms with E-state index in [-0.39, 0.29) is 5.69 Å². The number of nitriles is 1. The highest BCUT2D eigenvalue weighted by Gasteiger charge is 2.17. The number of aliphatic hydroxyl groups is 1. The van der Waals surface area contributed by atoms with Crippen molar-refractivity contribution in [3.8, 4) is 6.07 Å². The number of anilines is 1. The maximum Gasteiger partial charge on any atom is 0.101 e. The molecule has 1 aliphatic carbocycles.